The van der Waals surface area contributed by atoms with Crippen LogP contribution in [0.5, 0.6) is 0 Å². The van der Waals surface area contributed by atoms with Crippen molar-refractivity contribution in [2.75, 3.05) is 18.6 Å². The summed E-state index contributed by atoms with van der Waals surface area (Å²) in [6.45, 7) is 1.73. The van der Waals surface area contributed by atoms with Gasteiger partial charge in [-0.05, 0) is 25.4 Å². The van der Waals surface area contributed by atoms with Crippen molar-refractivity contribution in [1.82, 2.24) is 0 Å². The molecule has 13 heavy (non-hydrogen) atoms. The fraction of sp³-hybridized carbons (Fsp3) is 0.875. The molecule has 1 N–H and O–H groups in total. The minimum atomic E-state index is -1.91. The second-order valence-corrected chi connectivity index (χ2v) is 3.49. The fourth-order valence-electron chi connectivity index (χ4n) is 0.764. The van der Waals surface area contributed by atoms with E-state index in [-0.39, 0.29) is 13.0 Å². The normalized spacial score (nSPS) is 15.1. The lowest BCUT2D eigenvalue weighted by Gasteiger charge is -2.13. The van der Waals surface area contributed by atoms with Gasteiger partial charge < -0.3 is 9.84 Å². The lowest BCUT2D eigenvalue weighted by Crippen LogP contribution is -2.32. The van der Waals surface area contributed by atoms with Crippen LogP contribution in [0.2, 0.25) is 0 Å². The standard InChI is InChI=1S/C8H15FO3S/c1-3-12-8(11)7(9)6(10)4-5-13-2/h6-7,10H,3-5H2,1-2H3. The summed E-state index contributed by atoms with van der Waals surface area (Å²) in [4.78, 5) is 10.8. The number of alkyl halides is 1. The predicted molar refractivity (Wildman–Crippen MR) is 50.5 cm³/mol. The molecule has 0 aromatic carbocycles. The molecule has 0 bridgehead atoms. The first-order chi connectivity index (χ1) is 6.13. The van der Waals surface area contributed by atoms with E-state index >= 15 is 0 Å². The van der Waals surface area contributed by atoms with Crippen LogP contribution in [0.15, 0.2) is 0 Å². The second-order valence-electron chi connectivity index (χ2n) is 2.50. The van der Waals surface area contributed by atoms with Crippen molar-refractivity contribution in [2.45, 2.75) is 25.6 Å². The van der Waals surface area contributed by atoms with E-state index in [1.165, 1.54) is 11.8 Å². The van der Waals surface area contributed by atoms with Crippen molar-refractivity contribution in [3.63, 3.8) is 0 Å². The van der Waals surface area contributed by atoms with Crippen molar-refractivity contribution < 1.29 is 19.0 Å². The van der Waals surface area contributed by atoms with E-state index in [1.54, 1.807) is 6.92 Å². The average Bonchev–Trinajstić information content (AvgIpc) is 2.13. The molecule has 0 aliphatic carbocycles. The summed E-state index contributed by atoms with van der Waals surface area (Å²) in [5, 5.41) is 9.16. The summed E-state index contributed by atoms with van der Waals surface area (Å²) >= 11 is 1.49. The minimum absolute atomic E-state index is 0.133. The number of halogens is 1. The van der Waals surface area contributed by atoms with Crippen LogP contribution < -0.4 is 0 Å². The molecule has 0 fully saturated rings. The fourth-order valence-corrected chi connectivity index (χ4v) is 1.24. The highest BCUT2D eigenvalue weighted by atomic mass is 32.2. The molecule has 3 nitrogen and oxygen atoms in total. The Morgan fingerprint density at radius 2 is 2.31 bits per heavy atom. The van der Waals surface area contributed by atoms with Gasteiger partial charge >= 0.3 is 5.97 Å². The van der Waals surface area contributed by atoms with Crippen LogP contribution in [0.4, 0.5) is 4.39 Å². The molecule has 0 aromatic rings. The molecule has 0 spiro atoms. The quantitative estimate of drug-likeness (QED) is 0.664. The van der Waals surface area contributed by atoms with E-state index in [9.17, 15) is 9.18 Å². The van der Waals surface area contributed by atoms with Crippen molar-refractivity contribution in [3.05, 3.63) is 0 Å². The maximum atomic E-state index is 13.0. The van der Waals surface area contributed by atoms with E-state index in [0.29, 0.717) is 5.75 Å². The molecule has 0 saturated carbocycles. The van der Waals surface area contributed by atoms with Crippen LogP contribution in [-0.4, -0.2) is 42.0 Å². The van der Waals surface area contributed by atoms with E-state index in [4.69, 9.17) is 5.11 Å². The van der Waals surface area contributed by atoms with Gasteiger partial charge in [0.15, 0.2) is 0 Å². The summed E-state index contributed by atoms with van der Waals surface area (Å²) in [5.74, 6) is -0.350. The molecule has 0 rings (SSSR count). The van der Waals surface area contributed by atoms with Crippen molar-refractivity contribution in [2.24, 2.45) is 0 Å². The van der Waals surface area contributed by atoms with Crippen molar-refractivity contribution in [1.29, 1.82) is 0 Å². The minimum Gasteiger partial charge on any atom is -0.464 e. The highest BCUT2D eigenvalue weighted by Gasteiger charge is 2.26. The molecule has 0 aliphatic heterocycles. The predicted octanol–water partition coefficient (Wildman–Crippen LogP) is 1.00. The van der Waals surface area contributed by atoms with E-state index in [1.807, 2.05) is 6.26 Å². The molecule has 78 valence electrons. The van der Waals surface area contributed by atoms with E-state index < -0.39 is 18.2 Å². The first-order valence-corrected chi connectivity index (χ1v) is 5.50. The number of thioether (sulfide) groups is 1. The zero-order valence-electron chi connectivity index (χ0n) is 7.83. The molecule has 0 aliphatic rings. The molecular weight excluding hydrogens is 195 g/mol. The maximum absolute atomic E-state index is 13.0. The van der Waals surface area contributed by atoms with Gasteiger partial charge in [-0.1, -0.05) is 0 Å². The Bertz CT molecular complexity index is 154. The van der Waals surface area contributed by atoms with Crippen LogP contribution in [0, 0.1) is 0 Å². The Hall–Kier alpha value is -0.290. The monoisotopic (exact) mass is 210 g/mol. The van der Waals surface area contributed by atoms with Crippen LogP contribution in [0.1, 0.15) is 13.3 Å². The molecule has 0 amide bonds. The summed E-state index contributed by atoms with van der Waals surface area (Å²) in [5.41, 5.74) is 0. The zero-order valence-corrected chi connectivity index (χ0v) is 8.64. The Balaban J connectivity index is 3.79. The summed E-state index contributed by atoms with van der Waals surface area (Å²) in [6.07, 6.45) is -1.04. The van der Waals surface area contributed by atoms with Crippen LogP contribution in [-0.2, 0) is 9.53 Å². The van der Waals surface area contributed by atoms with E-state index in [0.717, 1.165) is 0 Å². The van der Waals surface area contributed by atoms with Gasteiger partial charge in [-0.15, -0.1) is 0 Å². The smallest absolute Gasteiger partial charge is 0.343 e. The van der Waals surface area contributed by atoms with Crippen LogP contribution in [0.3, 0.4) is 0 Å². The molecule has 0 heterocycles. The Kier molecular flexibility index (Phi) is 6.99. The number of aliphatic hydroxyl groups is 1. The third-order valence-electron chi connectivity index (χ3n) is 1.47. The molecule has 5 heteroatoms. The molecular formula is C8H15FO3S. The number of esters is 1. The van der Waals surface area contributed by atoms with Crippen molar-refractivity contribution >= 4 is 17.7 Å². The van der Waals surface area contributed by atoms with Crippen molar-refractivity contribution in [3.8, 4) is 0 Å². The molecule has 2 atom stereocenters. The lowest BCUT2D eigenvalue weighted by molar-refractivity contribution is -0.153. The molecule has 0 aromatic heterocycles. The zero-order chi connectivity index (χ0) is 10.3. The van der Waals surface area contributed by atoms with Gasteiger partial charge in [0.25, 0.3) is 0 Å². The molecule has 2 unspecified atom stereocenters. The van der Waals surface area contributed by atoms with Gasteiger partial charge in [0.1, 0.15) is 0 Å². The summed E-state index contributed by atoms with van der Waals surface area (Å²) in [6, 6.07) is 0. The van der Waals surface area contributed by atoms with Crippen LogP contribution >= 0.6 is 11.8 Å². The number of hydrogen-bond acceptors (Lipinski definition) is 4. The molecule has 0 radical (unpaired) electrons. The lowest BCUT2D eigenvalue weighted by atomic mass is 10.2. The van der Waals surface area contributed by atoms with Gasteiger partial charge in [0, 0.05) is 0 Å². The third-order valence-corrected chi connectivity index (χ3v) is 2.11. The first-order valence-electron chi connectivity index (χ1n) is 4.11. The summed E-state index contributed by atoms with van der Waals surface area (Å²) < 4.78 is 17.4. The third kappa shape index (κ3) is 5.10. The second kappa shape index (κ2) is 7.15. The Labute approximate surface area is 81.7 Å². The number of hydrogen-bond donors (Lipinski definition) is 1. The number of carbonyl (C=O) groups is 1. The number of carbonyl (C=O) groups excluding carboxylic acids is 1. The number of ether oxygens (including phenoxy) is 1. The highest BCUT2D eigenvalue weighted by molar-refractivity contribution is 7.98. The first kappa shape index (κ1) is 12.7. The van der Waals surface area contributed by atoms with Crippen LogP contribution in [0.25, 0.3) is 0 Å². The number of aliphatic hydroxyl groups excluding tert-OH is 1. The summed E-state index contributed by atoms with van der Waals surface area (Å²) in [7, 11) is 0. The van der Waals surface area contributed by atoms with Gasteiger partial charge in [0.05, 0.1) is 12.7 Å². The topological polar surface area (TPSA) is 46.5 Å². The SMILES string of the molecule is CCOC(=O)C(F)C(O)CCSC. The highest BCUT2D eigenvalue weighted by Crippen LogP contribution is 2.08. The van der Waals surface area contributed by atoms with Gasteiger partial charge in [-0.25, -0.2) is 9.18 Å². The number of rotatable bonds is 6. The Morgan fingerprint density at radius 3 is 2.77 bits per heavy atom. The Morgan fingerprint density at radius 1 is 1.69 bits per heavy atom. The average molecular weight is 210 g/mol. The van der Waals surface area contributed by atoms with Gasteiger partial charge in [-0.2, -0.15) is 11.8 Å². The largest absolute Gasteiger partial charge is 0.464 e. The maximum Gasteiger partial charge on any atom is 0.343 e. The molecule has 0 saturated heterocycles. The van der Waals surface area contributed by atoms with Gasteiger partial charge in [0.2, 0.25) is 6.17 Å². The van der Waals surface area contributed by atoms with E-state index in [2.05, 4.69) is 4.74 Å². The van der Waals surface area contributed by atoms with Gasteiger partial charge in [-0.3, -0.25) is 0 Å².